The van der Waals surface area contributed by atoms with E-state index in [0.29, 0.717) is 12.8 Å². The number of rotatable bonds is 28. The standard InChI is InChI=1S/C32H65NO5S/c1-28(2)23-19-15-11-7-5-9-13-17-21-25-31(34)30(27-39(36,37)38)33-32(35)26-22-18-14-10-6-8-12-16-20-24-29(3)4/h28-31,34H,5-27H2,1-4H3,(H,33,35)(H,36,37,38). The van der Waals surface area contributed by atoms with Gasteiger partial charge in [-0.05, 0) is 24.7 Å². The molecule has 0 fully saturated rings. The van der Waals surface area contributed by atoms with Gasteiger partial charge in [0, 0.05) is 6.42 Å². The molecule has 39 heavy (non-hydrogen) atoms. The van der Waals surface area contributed by atoms with Crippen LogP contribution in [0.4, 0.5) is 0 Å². The Morgan fingerprint density at radius 2 is 0.923 bits per heavy atom. The molecular weight excluding hydrogens is 510 g/mol. The van der Waals surface area contributed by atoms with Crippen molar-refractivity contribution in [2.24, 2.45) is 11.8 Å². The lowest BCUT2D eigenvalue weighted by atomic mass is 10.0. The summed E-state index contributed by atoms with van der Waals surface area (Å²) in [4.78, 5) is 12.4. The lowest BCUT2D eigenvalue weighted by Crippen LogP contribution is -2.47. The fourth-order valence-electron chi connectivity index (χ4n) is 5.18. The molecule has 0 aliphatic heterocycles. The van der Waals surface area contributed by atoms with Crippen molar-refractivity contribution in [2.75, 3.05) is 5.75 Å². The third-order valence-electron chi connectivity index (χ3n) is 7.67. The number of nitrogens with one attached hydrogen (secondary N) is 1. The number of hydrogen-bond acceptors (Lipinski definition) is 4. The fourth-order valence-corrected chi connectivity index (χ4v) is 5.93. The van der Waals surface area contributed by atoms with Crippen LogP contribution in [-0.2, 0) is 14.9 Å². The van der Waals surface area contributed by atoms with Crippen LogP contribution in [0.2, 0.25) is 0 Å². The van der Waals surface area contributed by atoms with Crippen molar-refractivity contribution in [2.45, 2.75) is 181 Å². The molecule has 2 unspecified atom stereocenters. The molecule has 0 spiro atoms. The van der Waals surface area contributed by atoms with Crippen LogP contribution in [0, 0.1) is 11.8 Å². The van der Waals surface area contributed by atoms with Crippen molar-refractivity contribution in [3.8, 4) is 0 Å². The first-order chi connectivity index (χ1) is 18.5. The predicted octanol–water partition coefficient (Wildman–Crippen LogP) is 8.61. The first-order valence-electron chi connectivity index (χ1n) is 16.4. The Hall–Kier alpha value is -0.660. The number of amides is 1. The molecule has 0 saturated heterocycles. The van der Waals surface area contributed by atoms with Crippen LogP contribution >= 0.6 is 0 Å². The molecular formula is C32H65NO5S. The van der Waals surface area contributed by atoms with E-state index in [1.807, 2.05) is 0 Å². The Morgan fingerprint density at radius 3 is 1.28 bits per heavy atom. The Kier molecular flexibility index (Phi) is 24.7. The zero-order valence-electron chi connectivity index (χ0n) is 26.1. The lowest BCUT2D eigenvalue weighted by molar-refractivity contribution is -0.122. The molecule has 2 atom stereocenters. The van der Waals surface area contributed by atoms with E-state index in [9.17, 15) is 22.9 Å². The number of carbonyl (C=O) groups is 1. The minimum absolute atomic E-state index is 0.249. The summed E-state index contributed by atoms with van der Waals surface area (Å²) in [5.74, 6) is 0.701. The summed E-state index contributed by atoms with van der Waals surface area (Å²) in [6.07, 6.45) is 23.5. The van der Waals surface area contributed by atoms with Gasteiger partial charge < -0.3 is 10.4 Å². The van der Waals surface area contributed by atoms with Gasteiger partial charge in [0.1, 0.15) is 0 Å². The van der Waals surface area contributed by atoms with Gasteiger partial charge in [0.15, 0.2) is 0 Å². The normalized spacial score (nSPS) is 13.7. The zero-order chi connectivity index (χ0) is 29.4. The van der Waals surface area contributed by atoms with Gasteiger partial charge in [-0.15, -0.1) is 0 Å². The van der Waals surface area contributed by atoms with Crippen LogP contribution in [0.15, 0.2) is 0 Å². The van der Waals surface area contributed by atoms with Gasteiger partial charge in [-0.1, -0.05) is 150 Å². The summed E-state index contributed by atoms with van der Waals surface area (Å²) in [6, 6.07) is -0.964. The van der Waals surface area contributed by atoms with Gasteiger partial charge in [-0.3, -0.25) is 9.35 Å². The average molecular weight is 576 g/mol. The highest BCUT2D eigenvalue weighted by Gasteiger charge is 2.26. The molecule has 0 bridgehead atoms. The van der Waals surface area contributed by atoms with E-state index >= 15 is 0 Å². The van der Waals surface area contributed by atoms with Crippen molar-refractivity contribution in [3.05, 3.63) is 0 Å². The average Bonchev–Trinajstić information content (AvgIpc) is 2.84. The number of carbonyl (C=O) groups excluding carboxylic acids is 1. The van der Waals surface area contributed by atoms with Crippen LogP contribution in [0.25, 0.3) is 0 Å². The molecule has 0 aliphatic carbocycles. The number of aliphatic hydroxyl groups excluding tert-OH is 1. The summed E-state index contributed by atoms with van der Waals surface area (Å²) in [6.45, 7) is 9.10. The zero-order valence-corrected chi connectivity index (χ0v) is 26.9. The molecule has 0 saturated carbocycles. The molecule has 0 aromatic heterocycles. The predicted molar refractivity (Wildman–Crippen MR) is 166 cm³/mol. The third-order valence-corrected chi connectivity index (χ3v) is 8.45. The lowest BCUT2D eigenvalue weighted by Gasteiger charge is -2.23. The van der Waals surface area contributed by atoms with E-state index in [0.717, 1.165) is 50.4 Å². The monoisotopic (exact) mass is 575 g/mol. The maximum absolute atomic E-state index is 12.4. The van der Waals surface area contributed by atoms with Gasteiger partial charge in [0.05, 0.1) is 17.9 Å². The van der Waals surface area contributed by atoms with E-state index in [4.69, 9.17) is 0 Å². The minimum Gasteiger partial charge on any atom is -0.391 e. The van der Waals surface area contributed by atoms with Gasteiger partial charge in [0.2, 0.25) is 5.91 Å². The highest BCUT2D eigenvalue weighted by atomic mass is 32.2. The molecule has 3 N–H and O–H groups in total. The maximum Gasteiger partial charge on any atom is 0.266 e. The topological polar surface area (TPSA) is 104 Å². The van der Waals surface area contributed by atoms with E-state index in [1.165, 1.54) is 89.9 Å². The van der Waals surface area contributed by atoms with Crippen LogP contribution < -0.4 is 5.32 Å². The number of hydrogen-bond donors (Lipinski definition) is 3. The Balaban J connectivity index is 3.98. The Morgan fingerprint density at radius 1 is 0.590 bits per heavy atom. The Bertz CT molecular complexity index is 665. The van der Waals surface area contributed by atoms with Crippen molar-refractivity contribution in [3.63, 3.8) is 0 Å². The largest absolute Gasteiger partial charge is 0.391 e. The summed E-state index contributed by atoms with van der Waals surface area (Å²) in [5.41, 5.74) is 0. The van der Waals surface area contributed by atoms with Crippen LogP contribution in [0.5, 0.6) is 0 Å². The fraction of sp³-hybridized carbons (Fsp3) is 0.969. The molecule has 0 aromatic rings. The maximum atomic E-state index is 12.4. The molecule has 6 nitrogen and oxygen atoms in total. The van der Waals surface area contributed by atoms with E-state index < -0.39 is 28.0 Å². The van der Waals surface area contributed by atoms with Crippen molar-refractivity contribution < 1.29 is 22.9 Å². The van der Waals surface area contributed by atoms with Crippen LogP contribution in [-0.4, -0.2) is 41.9 Å². The van der Waals surface area contributed by atoms with Crippen LogP contribution in [0.1, 0.15) is 169 Å². The van der Waals surface area contributed by atoms with Gasteiger partial charge in [-0.2, -0.15) is 8.42 Å². The summed E-state index contributed by atoms with van der Waals surface area (Å²) in [7, 11) is -4.29. The summed E-state index contributed by atoms with van der Waals surface area (Å²) >= 11 is 0. The van der Waals surface area contributed by atoms with Crippen molar-refractivity contribution >= 4 is 16.0 Å². The molecule has 0 aliphatic rings. The molecule has 7 heteroatoms. The first-order valence-corrected chi connectivity index (χ1v) is 18.0. The quantitative estimate of drug-likeness (QED) is 0.0640. The Labute approximate surface area is 242 Å². The molecule has 234 valence electrons. The highest BCUT2D eigenvalue weighted by Crippen LogP contribution is 2.16. The highest BCUT2D eigenvalue weighted by molar-refractivity contribution is 7.85. The second kappa shape index (κ2) is 25.1. The van der Waals surface area contributed by atoms with Crippen molar-refractivity contribution in [1.82, 2.24) is 5.32 Å². The molecule has 0 heterocycles. The van der Waals surface area contributed by atoms with Crippen LogP contribution in [0.3, 0.4) is 0 Å². The first kappa shape index (κ1) is 38.3. The van der Waals surface area contributed by atoms with E-state index in [1.54, 1.807) is 0 Å². The smallest absolute Gasteiger partial charge is 0.266 e. The number of aliphatic hydroxyl groups is 1. The summed E-state index contributed by atoms with van der Waals surface area (Å²) < 4.78 is 32.3. The SMILES string of the molecule is CC(C)CCCCCCCCCCCC(=O)NC(CS(=O)(=O)O)C(O)CCCCCCCCCCCC(C)C. The molecule has 0 rings (SSSR count). The van der Waals surface area contributed by atoms with Gasteiger partial charge in [0.25, 0.3) is 10.1 Å². The third kappa shape index (κ3) is 28.7. The van der Waals surface area contributed by atoms with Gasteiger partial charge >= 0.3 is 0 Å². The minimum atomic E-state index is -4.29. The van der Waals surface area contributed by atoms with Gasteiger partial charge in [-0.25, -0.2) is 0 Å². The molecule has 0 aromatic carbocycles. The summed E-state index contributed by atoms with van der Waals surface area (Å²) in [5, 5.41) is 13.2. The second-order valence-electron chi connectivity index (χ2n) is 12.8. The molecule has 1 amide bonds. The van der Waals surface area contributed by atoms with E-state index in [2.05, 4.69) is 33.0 Å². The van der Waals surface area contributed by atoms with E-state index in [-0.39, 0.29) is 5.91 Å². The second-order valence-corrected chi connectivity index (χ2v) is 14.3. The number of unbranched alkanes of at least 4 members (excludes halogenated alkanes) is 16. The van der Waals surface area contributed by atoms with Crippen molar-refractivity contribution in [1.29, 1.82) is 0 Å². The molecule has 0 radical (unpaired) electrons.